The van der Waals surface area contributed by atoms with Crippen molar-refractivity contribution in [2.75, 3.05) is 26.2 Å². The lowest BCUT2D eigenvalue weighted by Gasteiger charge is -2.35. The Hall–Kier alpha value is -3.04. The van der Waals surface area contributed by atoms with E-state index in [9.17, 15) is 22.8 Å². The third-order valence-corrected chi connectivity index (χ3v) is 7.13. The molecule has 0 spiro atoms. The van der Waals surface area contributed by atoms with Gasteiger partial charge in [-0.2, -0.15) is 13.2 Å². The normalized spacial score (nSPS) is 17.8. The van der Waals surface area contributed by atoms with Crippen LogP contribution in [0.3, 0.4) is 0 Å². The number of benzene rings is 2. The molecule has 2 N–H and O–H groups in total. The van der Waals surface area contributed by atoms with E-state index in [0.717, 1.165) is 12.1 Å². The molecule has 0 saturated heterocycles. The van der Waals surface area contributed by atoms with Gasteiger partial charge in [0, 0.05) is 42.9 Å². The number of carbonyl (C=O) groups is 2. The Labute approximate surface area is 216 Å². The SMILES string of the molecule is CC(c1ccc(C(F)(F)F)cc1)N1CCN=C(C2=C(N)CCN(C(=O)c3ccc(Cl)c(Cl)c3)C2)C1=O. The van der Waals surface area contributed by atoms with Gasteiger partial charge in [-0.1, -0.05) is 35.3 Å². The number of nitrogens with two attached hydrogens (primary N) is 1. The van der Waals surface area contributed by atoms with E-state index in [-0.39, 0.29) is 29.1 Å². The van der Waals surface area contributed by atoms with Crippen LogP contribution in [0.5, 0.6) is 0 Å². The third kappa shape index (κ3) is 5.22. The number of halogens is 5. The Kier molecular flexibility index (Phi) is 7.33. The van der Waals surface area contributed by atoms with Gasteiger partial charge in [0.1, 0.15) is 5.71 Å². The summed E-state index contributed by atoms with van der Waals surface area (Å²) in [6, 6.07) is 8.88. The zero-order valence-corrected chi connectivity index (χ0v) is 20.8. The van der Waals surface area contributed by atoms with Crippen LogP contribution in [0.2, 0.25) is 10.0 Å². The van der Waals surface area contributed by atoms with Crippen molar-refractivity contribution in [2.24, 2.45) is 10.7 Å². The predicted octanol–water partition coefficient (Wildman–Crippen LogP) is 5.12. The van der Waals surface area contributed by atoms with Crippen LogP contribution in [0.1, 0.15) is 40.9 Å². The third-order valence-electron chi connectivity index (χ3n) is 6.39. The van der Waals surface area contributed by atoms with Crippen molar-refractivity contribution in [1.82, 2.24) is 9.80 Å². The monoisotopic (exact) mass is 538 g/mol. The van der Waals surface area contributed by atoms with Crippen LogP contribution in [0.25, 0.3) is 0 Å². The van der Waals surface area contributed by atoms with Crippen LogP contribution in [0, 0.1) is 0 Å². The van der Waals surface area contributed by atoms with Crippen LogP contribution in [0.4, 0.5) is 13.2 Å². The maximum atomic E-state index is 13.4. The molecule has 2 amide bonds. The van der Waals surface area contributed by atoms with Gasteiger partial charge in [0.2, 0.25) is 0 Å². The summed E-state index contributed by atoms with van der Waals surface area (Å²) in [6.07, 6.45) is -4.07. The Bertz CT molecular complexity index is 1260. The predicted molar refractivity (Wildman–Crippen MR) is 132 cm³/mol. The first-order valence-electron chi connectivity index (χ1n) is 11.2. The first-order valence-corrected chi connectivity index (χ1v) is 12.0. The van der Waals surface area contributed by atoms with Crippen molar-refractivity contribution in [3.05, 3.63) is 80.5 Å². The minimum Gasteiger partial charge on any atom is -0.402 e. The number of nitrogens with zero attached hydrogens (tertiary/aromatic N) is 3. The summed E-state index contributed by atoms with van der Waals surface area (Å²) < 4.78 is 38.8. The standard InChI is InChI=1S/C25H23Cl2F3N4O2/c1-14(15-2-5-17(6-3-15)25(28,29)30)34-11-9-32-22(24(34)36)18-13-33(10-8-21(18)31)23(35)16-4-7-19(26)20(27)12-16/h2-7,12,14H,8-11,13,31H2,1H3. The second kappa shape index (κ2) is 10.1. The molecule has 0 aliphatic carbocycles. The number of alkyl halides is 3. The summed E-state index contributed by atoms with van der Waals surface area (Å²) in [4.78, 5) is 34.1. The molecule has 1 atom stereocenters. The Morgan fingerprint density at radius 2 is 1.78 bits per heavy atom. The molecular weight excluding hydrogens is 516 g/mol. The van der Waals surface area contributed by atoms with Gasteiger partial charge in [-0.05, 0) is 42.8 Å². The largest absolute Gasteiger partial charge is 0.416 e. The lowest BCUT2D eigenvalue weighted by Crippen LogP contribution is -2.48. The summed E-state index contributed by atoms with van der Waals surface area (Å²) in [5.74, 6) is -0.659. The highest BCUT2D eigenvalue weighted by molar-refractivity contribution is 6.46. The molecular formula is C25H23Cl2F3N4O2. The first kappa shape index (κ1) is 26.0. The minimum absolute atomic E-state index is 0.0952. The lowest BCUT2D eigenvalue weighted by atomic mass is 9.97. The number of hydrogen-bond acceptors (Lipinski definition) is 4. The number of amides is 2. The molecule has 0 fully saturated rings. The fraction of sp³-hybridized carbons (Fsp3) is 0.320. The smallest absolute Gasteiger partial charge is 0.402 e. The number of hydrogen-bond donors (Lipinski definition) is 1. The van der Waals surface area contributed by atoms with Gasteiger partial charge in [-0.15, -0.1) is 0 Å². The first-order chi connectivity index (χ1) is 17.0. The molecule has 0 bridgehead atoms. The summed E-state index contributed by atoms with van der Waals surface area (Å²) in [6.45, 7) is 2.83. The molecule has 0 radical (unpaired) electrons. The topological polar surface area (TPSA) is 79.0 Å². The van der Waals surface area contributed by atoms with Crippen molar-refractivity contribution in [1.29, 1.82) is 0 Å². The van der Waals surface area contributed by atoms with Gasteiger partial charge in [0.05, 0.1) is 28.2 Å². The summed E-state index contributed by atoms with van der Waals surface area (Å²) in [5, 5.41) is 0.593. The van der Waals surface area contributed by atoms with E-state index in [1.165, 1.54) is 18.2 Å². The average Bonchev–Trinajstić information content (AvgIpc) is 2.85. The second-order valence-electron chi connectivity index (χ2n) is 8.63. The summed E-state index contributed by atoms with van der Waals surface area (Å²) in [5.41, 5.74) is 7.55. The van der Waals surface area contributed by atoms with Crippen LogP contribution in [-0.2, 0) is 11.0 Å². The minimum atomic E-state index is -4.44. The number of aliphatic imine (C=N–C) groups is 1. The van der Waals surface area contributed by atoms with Gasteiger partial charge in [0.15, 0.2) is 0 Å². The Morgan fingerprint density at radius 1 is 1.08 bits per heavy atom. The lowest BCUT2D eigenvalue weighted by molar-refractivity contribution is -0.137. The molecule has 2 aliphatic heterocycles. The highest BCUT2D eigenvalue weighted by Gasteiger charge is 2.35. The van der Waals surface area contributed by atoms with E-state index in [4.69, 9.17) is 28.9 Å². The zero-order valence-electron chi connectivity index (χ0n) is 19.3. The molecule has 2 aromatic carbocycles. The summed E-state index contributed by atoms with van der Waals surface area (Å²) in [7, 11) is 0. The molecule has 6 nitrogen and oxygen atoms in total. The molecule has 11 heteroatoms. The Morgan fingerprint density at radius 3 is 2.42 bits per heavy atom. The van der Waals surface area contributed by atoms with Crippen molar-refractivity contribution < 1.29 is 22.8 Å². The molecule has 2 heterocycles. The number of rotatable bonds is 4. The van der Waals surface area contributed by atoms with E-state index in [1.54, 1.807) is 28.9 Å². The van der Waals surface area contributed by atoms with E-state index in [1.807, 2.05) is 0 Å². The van der Waals surface area contributed by atoms with Gasteiger partial charge in [0.25, 0.3) is 11.8 Å². The van der Waals surface area contributed by atoms with Gasteiger partial charge < -0.3 is 15.5 Å². The fourth-order valence-electron chi connectivity index (χ4n) is 4.29. The highest BCUT2D eigenvalue weighted by Crippen LogP contribution is 2.32. The molecule has 1 unspecified atom stereocenters. The van der Waals surface area contributed by atoms with Gasteiger partial charge in [-0.3, -0.25) is 14.6 Å². The van der Waals surface area contributed by atoms with E-state index in [0.29, 0.717) is 53.5 Å². The van der Waals surface area contributed by atoms with Gasteiger partial charge in [-0.25, -0.2) is 0 Å². The maximum absolute atomic E-state index is 13.4. The highest BCUT2D eigenvalue weighted by atomic mass is 35.5. The molecule has 0 aromatic heterocycles. The van der Waals surface area contributed by atoms with Crippen molar-refractivity contribution in [3.8, 4) is 0 Å². The number of carbonyl (C=O) groups excluding carboxylic acids is 2. The van der Waals surface area contributed by atoms with Crippen LogP contribution < -0.4 is 5.73 Å². The fourth-order valence-corrected chi connectivity index (χ4v) is 4.59. The van der Waals surface area contributed by atoms with Crippen molar-refractivity contribution in [3.63, 3.8) is 0 Å². The second-order valence-corrected chi connectivity index (χ2v) is 9.45. The van der Waals surface area contributed by atoms with Gasteiger partial charge >= 0.3 is 6.18 Å². The molecule has 36 heavy (non-hydrogen) atoms. The summed E-state index contributed by atoms with van der Waals surface area (Å²) >= 11 is 12.0. The van der Waals surface area contributed by atoms with E-state index in [2.05, 4.69) is 4.99 Å². The molecule has 2 aliphatic rings. The Balaban J connectivity index is 1.53. The van der Waals surface area contributed by atoms with E-state index >= 15 is 0 Å². The van der Waals surface area contributed by atoms with E-state index < -0.39 is 17.8 Å². The molecule has 2 aromatic rings. The van der Waals surface area contributed by atoms with Crippen LogP contribution in [0.15, 0.2) is 58.7 Å². The molecule has 4 rings (SSSR count). The molecule has 190 valence electrons. The van der Waals surface area contributed by atoms with Crippen molar-refractivity contribution >= 4 is 40.7 Å². The maximum Gasteiger partial charge on any atom is 0.416 e. The molecule has 0 saturated carbocycles. The van der Waals surface area contributed by atoms with Crippen LogP contribution >= 0.6 is 23.2 Å². The average molecular weight is 539 g/mol. The van der Waals surface area contributed by atoms with Crippen LogP contribution in [-0.4, -0.2) is 53.5 Å². The zero-order chi connectivity index (χ0) is 26.2. The van der Waals surface area contributed by atoms with Crippen molar-refractivity contribution in [2.45, 2.75) is 25.6 Å². The quantitative estimate of drug-likeness (QED) is 0.587.